The second-order valence-corrected chi connectivity index (χ2v) is 37.7. The van der Waals surface area contributed by atoms with Gasteiger partial charge in [0.2, 0.25) is 0 Å². The molecule has 4 aliphatic heterocycles. The summed E-state index contributed by atoms with van der Waals surface area (Å²) in [5.41, 5.74) is 18.9. The zero-order valence-electron chi connectivity index (χ0n) is 80.4. The third-order valence-corrected chi connectivity index (χ3v) is 25.1. The van der Waals surface area contributed by atoms with Crippen LogP contribution < -0.4 is 43.4 Å². The molecule has 44 heteroatoms. The van der Waals surface area contributed by atoms with Gasteiger partial charge in [-0.05, 0) is 185 Å². The topological polar surface area (TPSA) is 493 Å². The molecule has 4 fully saturated rings. The van der Waals surface area contributed by atoms with Gasteiger partial charge in [-0.2, -0.15) is 20.4 Å². The molecule has 142 heavy (non-hydrogen) atoms. The van der Waals surface area contributed by atoms with Crippen LogP contribution in [0.4, 0.5) is 90.7 Å². The Labute approximate surface area is 809 Å². The first-order valence-electron chi connectivity index (χ1n) is 46.1. The molecule has 16 rings (SSSR count). The monoisotopic (exact) mass is 1970 g/mol. The Morgan fingerprint density at radius 3 is 0.796 bits per heavy atom. The fraction of sp³-hybridized carbons (Fsp3) is 0.408. The molecule has 0 spiro atoms. The Hall–Kier alpha value is -15.3. The van der Waals surface area contributed by atoms with Gasteiger partial charge in [0.15, 0.2) is 0 Å². The summed E-state index contributed by atoms with van der Waals surface area (Å²) in [4.78, 5) is 150. The number of aromatic nitrogens is 12. The zero-order chi connectivity index (χ0) is 103. The number of nitrogens with one attached hydrogen (secondary N) is 10. The van der Waals surface area contributed by atoms with Gasteiger partial charge in [-0.1, -0.05) is 79.7 Å². The first kappa shape index (κ1) is 104. The maximum absolute atomic E-state index is 14.8. The number of carbonyl (C=O) groups is 10. The number of aromatic amines is 4. The fourth-order valence-corrected chi connectivity index (χ4v) is 17.0. The SMILES string of the molecule is CCc1cc(NC(=O)C(=O)N2C[C@@H](C)C(F)(F)C[C@@H]2c2ccc3[nH]ncc3c2)cnc1N.CCc1cc(NC(=O)C(=O)N2C[C@@H](C)C(F)(F)C[C@@H]2c2ccc3[nH]ncc3c2)cnc1NC(=O)OC(C)(C)C.CCc1cc(NC(=O)C(=O)N2C[C@H](C)C(F)(F)C[C@H]2c2ccc3[nH]ncc3c2)cnc1N.CCc1cc(NC(=O)C(=O)N2C[C@H](C)C(F)(F)C[C@H]2c2ccc3[nH]ncc3c2)cnc1NC(=O)OC(C)(C)C. The number of H-pyrrole nitrogens is 4. The van der Waals surface area contributed by atoms with Crippen LogP contribution in [0.3, 0.4) is 0 Å². The molecule has 14 N–H and O–H groups in total. The van der Waals surface area contributed by atoms with Gasteiger partial charge < -0.3 is 61.8 Å². The molecule has 752 valence electrons. The molecule has 12 aromatic rings. The Kier molecular flexibility index (Phi) is 31.1. The number of piperidine rings is 4. The van der Waals surface area contributed by atoms with Gasteiger partial charge in [0.05, 0.1) is 119 Å². The van der Waals surface area contributed by atoms with Crippen molar-refractivity contribution in [2.45, 2.75) is 207 Å². The smallest absolute Gasteiger partial charge is 0.413 e. The van der Waals surface area contributed by atoms with Crippen LogP contribution in [0.25, 0.3) is 43.6 Å². The number of pyridine rings is 4. The molecule has 10 amide bonds. The van der Waals surface area contributed by atoms with Gasteiger partial charge in [-0.25, -0.2) is 64.6 Å². The summed E-state index contributed by atoms with van der Waals surface area (Å²) in [5, 5.41) is 45.2. The van der Waals surface area contributed by atoms with Crippen LogP contribution in [0.1, 0.15) is 191 Å². The number of hydrogen-bond acceptors (Lipinski definition) is 22. The highest BCUT2D eigenvalue weighted by Gasteiger charge is 2.54. The van der Waals surface area contributed by atoms with E-state index in [-0.39, 0.29) is 49.2 Å². The number of fused-ring (bicyclic) bond motifs is 4. The van der Waals surface area contributed by atoms with Crippen molar-refractivity contribution < 1.29 is 92.5 Å². The number of ether oxygens (including phenoxy) is 2. The average Bonchev–Trinajstić information content (AvgIpc) is 0.981. The van der Waals surface area contributed by atoms with E-state index in [1.807, 2.05) is 27.7 Å². The molecule has 4 saturated heterocycles. The Bertz CT molecular complexity index is 6340. The van der Waals surface area contributed by atoms with E-state index in [4.69, 9.17) is 20.9 Å². The second-order valence-electron chi connectivity index (χ2n) is 37.7. The van der Waals surface area contributed by atoms with E-state index in [0.717, 1.165) is 44.0 Å². The number of likely N-dealkylation sites (tertiary alicyclic amines) is 4. The van der Waals surface area contributed by atoms with E-state index in [1.165, 1.54) is 72.1 Å². The highest BCUT2D eigenvalue weighted by molar-refractivity contribution is 6.41. The largest absolute Gasteiger partial charge is 0.444 e. The number of alkyl halides is 8. The first-order valence-corrected chi connectivity index (χ1v) is 46.1. The number of rotatable bonds is 14. The minimum absolute atomic E-state index is 0.228. The molecule has 8 aromatic heterocycles. The Morgan fingerprint density at radius 2 is 0.570 bits per heavy atom. The molecule has 0 aliphatic carbocycles. The average molecular weight is 1970 g/mol. The lowest BCUT2D eigenvalue weighted by molar-refractivity contribution is -0.159. The Morgan fingerprint density at radius 1 is 0.345 bits per heavy atom. The van der Waals surface area contributed by atoms with Crippen molar-refractivity contribution in [3.63, 3.8) is 0 Å². The lowest BCUT2D eigenvalue weighted by Gasteiger charge is -2.42. The van der Waals surface area contributed by atoms with Crippen molar-refractivity contribution in [1.82, 2.24) is 80.3 Å². The summed E-state index contributed by atoms with van der Waals surface area (Å²) in [7, 11) is 0. The number of nitrogen functional groups attached to an aromatic ring is 2. The number of halogens is 8. The first-order chi connectivity index (χ1) is 66.9. The number of nitrogens with two attached hydrogens (primary N) is 2. The van der Waals surface area contributed by atoms with E-state index < -0.39 is 168 Å². The molecule has 36 nitrogen and oxygen atoms in total. The molecular weight excluding hydrogens is 1860 g/mol. The van der Waals surface area contributed by atoms with Crippen LogP contribution in [0, 0.1) is 23.7 Å². The van der Waals surface area contributed by atoms with Gasteiger partial charge in [0.25, 0.3) is 23.7 Å². The fourth-order valence-electron chi connectivity index (χ4n) is 17.0. The molecule has 4 aromatic carbocycles. The van der Waals surface area contributed by atoms with Crippen LogP contribution in [-0.4, -0.2) is 201 Å². The van der Waals surface area contributed by atoms with Crippen LogP contribution in [0.2, 0.25) is 0 Å². The summed E-state index contributed by atoms with van der Waals surface area (Å²) >= 11 is 0. The number of amides is 10. The van der Waals surface area contributed by atoms with E-state index in [1.54, 1.807) is 163 Å². The predicted octanol–water partition coefficient (Wildman–Crippen LogP) is 16.7. The summed E-state index contributed by atoms with van der Waals surface area (Å²) in [6, 6.07) is 22.9. The third-order valence-electron chi connectivity index (χ3n) is 25.1. The van der Waals surface area contributed by atoms with Gasteiger partial charge >= 0.3 is 59.4 Å². The summed E-state index contributed by atoms with van der Waals surface area (Å²) in [5.74, 6) is -22.6. The number of hydrogen-bond donors (Lipinski definition) is 12. The van der Waals surface area contributed by atoms with Gasteiger partial charge in [-0.15, -0.1) is 0 Å². The van der Waals surface area contributed by atoms with Crippen molar-refractivity contribution in [2.75, 3.05) is 69.5 Å². The van der Waals surface area contributed by atoms with E-state index in [0.29, 0.717) is 92.8 Å². The standard InChI is InChI=1S/2C27H32F2N6O4.2C22H24F2N6O2/c2*1-6-16-10-19(13-30-22(16)33-25(38)39-26(3,4)5)32-23(36)24(37)35-14-15(2)27(28,29)11-21(35)17-7-8-20-18(9-17)12-31-34-20;2*1-3-13-7-16(10-26-19(13)25)28-20(31)21(32)30-11-12(2)22(23,24)8-18(30)14-4-5-17-15(6-14)9-27-29-17/h2*7-10,12-13,15,21H,6,11,14H2,1-5H3,(H,31,34)(H,32,36)(H,30,33,38);2*4-7,9-10,12,18H,3,8,11H2,1-2H3,(H2,25,26)(H,27,29)(H,28,31)/t2*15-,21-;2*12-,18-/m1010/s1. The maximum atomic E-state index is 14.8. The van der Waals surface area contributed by atoms with E-state index in [9.17, 15) is 83.1 Å². The highest BCUT2D eigenvalue weighted by Crippen LogP contribution is 2.49. The predicted molar refractivity (Wildman–Crippen MR) is 515 cm³/mol. The summed E-state index contributed by atoms with van der Waals surface area (Å²) in [6.45, 7) is 22.3. The van der Waals surface area contributed by atoms with Crippen molar-refractivity contribution in [3.8, 4) is 0 Å². The molecule has 0 radical (unpaired) electrons. The molecule has 4 aliphatic rings. The van der Waals surface area contributed by atoms with Crippen LogP contribution in [-0.2, 0) is 73.5 Å². The second kappa shape index (κ2) is 42.4. The lowest BCUT2D eigenvalue weighted by atomic mass is 9.86. The number of carbonyl (C=O) groups excluding carboxylic acids is 10. The summed E-state index contributed by atoms with van der Waals surface area (Å²) < 4.78 is 128. The van der Waals surface area contributed by atoms with Gasteiger partial charge in [0, 0.05) is 97.1 Å². The number of anilines is 8. The molecule has 12 heterocycles. The Balaban J connectivity index is 0.000000160. The third kappa shape index (κ3) is 24.6. The molecular formula is C98H112F8N24O12. The normalized spacial score (nSPS) is 19.6. The van der Waals surface area contributed by atoms with E-state index >= 15 is 0 Å². The lowest BCUT2D eigenvalue weighted by Crippen LogP contribution is -2.52. The molecule has 0 saturated carbocycles. The highest BCUT2D eigenvalue weighted by atomic mass is 19.3. The van der Waals surface area contributed by atoms with Crippen LogP contribution >= 0.6 is 0 Å². The van der Waals surface area contributed by atoms with E-state index in [2.05, 4.69) is 92.6 Å². The number of aryl methyl sites for hydroxylation is 4. The van der Waals surface area contributed by atoms with Crippen molar-refractivity contribution in [2.24, 2.45) is 23.7 Å². The van der Waals surface area contributed by atoms with Crippen molar-refractivity contribution >= 4 is 149 Å². The zero-order valence-corrected chi connectivity index (χ0v) is 80.4. The molecule has 0 unspecified atom stereocenters. The van der Waals surface area contributed by atoms with Crippen LogP contribution in [0.5, 0.6) is 0 Å². The van der Waals surface area contributed by atoms with Gasteiger partial charge in [-0.3, -0.25) is 69.4 Å². The minimum atomic E-state index is -3.01. The quantitative estimate of drug-likeness (QED) is 0.0355. The van der Waals surface area contributed by atoms with Gasteiger partial charge in [0.1, 0.15) is 34.5 Å². The molecule has 0 bridgehead atoms. The van der Waals surface area contributed by atoms with Crippen molar-refractivity contribution in [1.29, 1.82) is 0 Å². The summed E-state index contributed by atoms with van der Waals surface area (Å²) in [6.07, 6.45) is 10.1. The van der Waals surface area contributed by atoms with Crippen molar-refractivity contribution in [3.05, 3.63) is 191 Å². The maximum Gasteiger partial charge on any atom is 0.413 e. The number of nitrogens with zero attached hydrogens (tertiary/aromatic N) is 12. The molecule has 8 atom stereocenters. The number of benzene rings is 4. The minimum Gasteiger partial charge on any atom is -0.444 e. The van der Waals surface area contributed by atoms with Crippen LogP contribution in [0.15, 0.2) is 147 Å².